The number of nitrogens with zero attached hydrogens (tertiary/aromatic N) is 2. The van der Waals surface area contributed by atoms with Gasteiger partial charge in [0.1, 0.15) is 0 Å². The smallest absolute Gasteiger partial charge is 0.251 e. The molecule has 1 aliphatic heterocycles. The Balaban J connectivity index is 1.51. The molecule has 0 aliphatic carbocycles. The fourth-order valence-corrected chi connectivity index (χ4v) is 3.02. The number of rotatable bonds is 5. The Kier molecular flexibility index (Phi) is 5.59. The molecule has 4 heteroatoms. The highest BCUT2D eigenvalue weighted by molar-refractivity contribution is 5.94. The van der Waals surface area contributed by atoms with Crippen LogP contribution in [0.3, 0.4) is 0 Å². The minimum atomic E-state index is -0.0565. The molecule has 3 rings (SSSR count). The van der Waals surface area contributed by atoms with Gasteiger partial charge in [-0.1, -0.05) is 25.1 Å². The molecular formula is C20H25N3O. The standard InChI is InChI=1S/C20H25N3O/c1-16-9-12-23(13-10-16)15-17-5-7-18(8-6-17)20(24)22-14-19-4-2-3-11-21-19/h2-8,11,16H,9-10,12-15H2,1H3,(H,22,24). The predicted molar refractivity (Wildman–Crippen MR) is 95.5 cm³/mol. The fraction of sp³-hybridized carbons (Fsp3) is 0.400. The molecule has 1 saturated heterocycles. The van der Waals surface area contributed by atoms with Crippen molar-refractivity contribution in [2.24, 2.45) is 5.92 Å². The van der Waals surface area contributed by atoms with Gasteiger partial charge in [-0.05, 0) is 61.7 Å². The van der Waals surface area contributed by atoms with Crippen LogP contribution in [0.4, 0.5) is 0 Å². The zero-order chi connectivity index (χ0) is 16.8. The lowest BCUT2D eigenvalue weighted by molar-refractivity contribution is 0.0950. The molecule has 1 amide bonds. The van der Waals surface area contributed by atoms with Gasteiger partial charge in [0.05, 0.1) is 12.2 Å². The number of benzene rings is 1. The van der Waals surface area contributed by atoms with E-state index in [2.05, 4.69) is 34.3 Å². The fourth-order valence-electron chi connectivity index (χ4n) is 3.02. The summed E-state index contributed by atoms with van der Waals surface area (Å²) in [6.45, 7) is 6.10. The van der Waals surface area contributed by atoms with Gasteiger partial charge in [-0.15, -0.1) is 0 Å². The highest BCUT2D eigenvalue weighted by Crippen LogP contribution is 2.18. The van der Waals surface area contributed by atoms with Gasteiger partial charge in [0.25, 0.3) is 5.91 Å². The van der Waals surface area contributed by atoms with Crippen molar-refractivity contribution in [3.05, 3.63) is 65.5 Å². The molecule has 2 aromatic rings. The number of likely N-dealkylation sites (tertiary alicyclic amines) is 1. The molecule has 1 aliphatic rings. The van der Waals surface area contributed by atoms with E-state index in [9.17, 15) is 4.79 Å². The zero-order valence-electron chi connectivity index (χ0n) is 14.2. The van der Waals surface area contributed by atoms with E-state index in [4.69, 9.17) is 0 Å². The molecule has 1 aromatic carbocycles. The van der Waals surface area contributed by atoms with Gasteiger partial charge in [-0.3, -0.25) is 14.7 Å². The van der Waals surface area contributed by atoms with E-state index in [-0.39, 0.29) is 5.91 Å². The average Bonchev–Trinajstić information content (AvgIpc) is 2.63. The van der Waals surface area contributed by atoms with Gasteiger partial charge >= 0.3 is 0 Å². The molecule has 0 spiro atoms. The molecule has 126 valence electrons. The first-order valence-corrected chi connectivity index (χ1v) is 8.70. The van der Waals surface area contributed by atoms with Crippen LogP contribution in [0.5, 0.6) is 0 Å². The molecular weight excluding hydrogens is 298 g/mol. The van der Waals surface area contributed by atoms with Crippen molar-refractivity contribution in [3.63, 3.8) is 0 Å². The quantitative estimate of drug-likeness (QED) is 0.919. The number of amides is 1. The van der Waals surface area contributed by atoms with E-state index in [1.165, 1.54) is 31.5 Å². The molecule has 1 N–H and O–H groups in total. The summed E-state index contributed by atoms with van der Waals surface area (Å²) in [4.78, 5) is 18.9. The summed E-state index contributed by atoms with van der Waals surface area (Å²) in [7, 11) is 0. The maximum absolute atomic E-state index is 12.2. The summed E-state index contributed by atoms with van der Waals surface area (Å²) < 4.78 is 0. The molecule has 2 heterocycles. The molecule has 1 aromatic heterocycles. The summed E-state index contributed by atoms with van der Waals surface area (Å²) in [6, 6.07) is 13.6. The molecule has 24 heavy (non-hydrogen) atoms. The maximum Gasteiger partial charge on any atom is 0.251 e. The van der Waals surface area contributed by atoms with Crippen LogP contribution in [0, 0.1) is 5.92 Å². The Morgan fingerprint density at radius 1 is 1.17 bits per heavy atom. The summed E-state index contributed by atoms with van der Waals surface area (Å²) in [5.41, 5.74) is 2.83. The Hall–Kier alpha value is -2.20. The van der Waals surface area contributed by atoms with Crippen molar-refractivity contribution in [2.45, 2.75) is 32.9 Å². The highest BCUT2D eigenvalue weighted by atomic mass is 16.1. The van der Waals surface area contributed by atoms with Crippen molar-refractivity contribution in [1.29, 1.82) is 0 Å². The van der Waals surface area contributed by atoms with Gasteiger partial charge in [0, 0.05) is 18.3 Å². The molecule has 1 fully saturated rings. The Morgan fingerprint density at radius 2 is 1.92 bits per heavy atom. The number of nitrogens with one attached hydrogen (secondary N) is 1. The summed E-state index contributed by atoms with van der Waals surface area (Å²) in [6.07, 6.45) is 4.31. The third kappa shape index (κ3) is 4.65. The first-order chi connectivity index (χ1) is 11.7. The van der Waals surface area contributed by atoms with E-state index >= 15 is 0 Å². The first kappa shape index (κ1) is 16.7. The predicted octanol–water partition coefficient (Wildman–Crippen LogP) is 3.24. The topological polar surface area (TPSA) is 45.2 Å². The Morgan fingerprint density at radius 3 is 2.58 bits per heavy atom. The second-order valence-corrected chi connectivity index (χ2v) is 6.66. The van der Waals surface area contributed by atoms with Crippen molar-refractivity contribution in [2.75, 3.05) is 13.1 Å². The van der Waals surface area contributed by atoms with Crippen LogP contribution in [-0.4, -0.2) is 28.9 Å². The maximum atomic E-state index is 12.2. The monoisotopic (exact) mass is 323 g/mol. The Bertz CT molecular complexity index is 646. The van der Waals surface area contributed by atoms with E-state index < -0.39 is 0 Å². The van der Waals surface area contributed by atoms with Crippen LogP contribution in [-0.2, 0) is 13.1 Å². The molecule has 0 unspecified atom stereocenters. The van der Waals surface area contributed by atoms with E-state index in [0.717, 1.165) is 18.2 Å². The van der Waals surface area contributed by atoms with E-state index in [0.29, 0.717) is 12.1 Å². The molecule has 4 nitrogen and oxygen atoms in total. The zero-order valence-corrected chi connectivity index (χ0v) is 14.2. The summed E-state index contributed by atoms with van der Waals surface area (Å²) >= 11 is 0. The number of piperidine rings is 1. The third-order valence-corrected chi connectivity index (χ3v) is 4.65. The second-order valence-electron chi connectivity index (χ2n) is 6.66. The minimum absolute atomic E-state index is 0.0565. The van der Waals surface area contributed by atoms with Gasteiger partial charge in [-0.2, -0.15) is 0 Å². The van der Waals surface area contributed by atoms with Crippen LogP contribution < -0.4 is 5.32 Å². The average molecular weight is 323 g/mol. The lowest BCUT2D eigenvalue weighted by atomic mass is 9.99. The number of hydrogen-bond acceptors (Lipinski definition) is 3. The van der Waals surface area contributed by atoms with Crippen molar-refractivity contribution in [1.82, 2.24) is 15.2 Å². The van der Waals surface area contributed by atoms with Gasteiger partial charge in [0.2, 0.25) is 0 Å². The number of carbonyl (C=O) groups excluding carboxylic acids is 1. The number of hydrogen-bond donors (Lipinski definition) is 1. The van der Waals surface area contributed by atoms with Gasteiger partial charge in [-0.25, -0.2) is 0 Å². The summed E-state index contributed by atoms with van der Waals surface area (Å²) in [5, 5.41) is 2.91. The number of aromatic nitrogens is 1. The van der Waals surface area contributed by atoms with Gasteiger partial charge in [0.15, 0.2) is 0 Å². The molecule has 0 atom stereocenters. The molecule has 0 bridgehead atoms. The normalized spacial score (nSPS) is 16.0. The van der Waals surface area contributed by atoms with Crippen LogP contribution in [0.1, 0.15) is 41.4 Å². The van der Waals surface area contributed by atoms with Crippen LogP contribution >= 0.6 is 0 Å². The van der Waals surface area contributed by atoms with Crippen molar-refractivity contribution < 1.29 is 4.79 Å². The lowest BCUT2D eigenvalue weighted by Crippen LogP contribution is -2.32. The third-order valence-electron chi connectivity index (χ3n) is 4.65. The lowest BCUT2D eigenvalue weighted by Gasteiger charge is -2.30. The summed E-state index contributed by atoms with van der Waals surface area (Å²) in [5.74, 6) is 0.797. The van der Waals surface area contributed by atoms with Crippen molar-refractivity contribution >= 4 is 5.91 Å². The number of carbonyl (C=O) groups is 1. The van der Waals surface area contributed by atoms with Crippen LogP contribution in [0.2, 0.25) is 0 Å². The van der Waals surface area contributed by atoms with Crippen LogP contribution in [0.15, 0.2) is 48.7 Å². The molecule has 0 radical (unpaired) electrons. The number of pyridine rings is 1. The van der Waals surface area contributed by atoms with E-state index in [1.54, 1.807) is 6.20 Å². The van der Waals surface area contributed by atoms with Crippen molar-refractivity contribution in [3.8, 4) is 0 Å². The largest absolute Gasteiger partial charge is 0.346 e. The van der Waals surface area contributed by atoms with E-state index in [1.807, 2.05) is 30.3 Å². The highest BCUT2D eigenvalue weighted by Gasteiger charge is 2.15. The van der Waals surface area contributed by atoms with Gasteiger partial charge < -0.3 is 5.32 Å². The minimum Gasteiger partial charge on any atom is -0.346 e. The SMILES string of the molecule is CC1CCN(Cc2ccc(C(=O)NCc3ccccn3)cc2)CC1. The second kappa shape index (κ2) is 8.06. The molecule has 0 saturated carbocycles. The first-order valence-electron chi connectivity index (χ1n) is 8.70. The Labute approximate surface area is 143 Å². The van der Waals surface area contributed by atoms with Crippen LogP contribution in [0.25, 0.3) is 0 Å².